The number of alkyl halides is 3. The zero-order valence-corrected chi connectivity index (χ0v) is 12.2. The first-order chi connectivity index (χ1) is 10.2. The van der Waals surface area contributed by atoms with Gasteiger partial charge < -0.3 is 10.2 Å². The van der Waals surface area contributed by atoms with Gasteiger partial charge in [0.05, 0.1) is 0 Å². The fraction of sp³-hybridized carbons (Fsp3) is 0.615. The summed E-state index contributed by atoms with van der Waals surface area (Å²) in [5.41, 5.74) is 0.0812. The first-order valence-corrected chi connectivity index (χ1v) is 6.83. The maximum atomic E-state index is 13.2. The minimum Gasteiger partial charge on any atom is -0.352 e. The summed E-state index contributed by atoms with van der Waals surface area (Å²) < 4.78 is 40.8. The summed E-state index contributed by atoms with van der Waals surface area (Å²) in [6.45, 7) is 1.12. The molecule has 2 heterocycles. The van der Waals surface area contributed by atoms with Crippen LogP contribution in [-0.2, 0) is 11.8 Å². The van der Waals surface area contributed by atoms with Crippen molar-refractivity contribution in [2.75, 3.05) is 6.54 Å². The lowest BCUT2D eigenvalue weighted by molar-refractivity contribution is -0.184. The molecular formula is C13H17F3N4O2. The number of halogens is 3. The molecule has 0 saturated carbocycles. The highest BCUT2D eigenvalue weighted by Crippen LogP contribution is 2.32. The molecule has 0 aromatic carbocycles. The van der Waals surface area contributed by atoms with Gasteiger partial charge in [0.2, 0.25) is 5.91 Å². The number of piperidine rings is 1. The average Bonchev–Trinajstić information content (AvgIpc) is 2.82. The molecule has 1 saturated heterocycles. The maximum Gasteiger partial charge on any atom is 0.408 e. The Morgan fingerprint density at radius 2 is 2.05 bits per heavy atom. The second-order valence-corrected chi connectivity index (χ2v) is 5.33. The summed E-state index contributed by atoms with van der Waals surface area (Å²) in [6.07, 6.45) is -3.21. The Hall–Kier alpha value is -2.06. The molecule has 2 rings (SSSR count). The molecule has 1 aliphatic heterocycles. The lowest BCUT2D eigenvalue weighted by atomic mass is 9.97. The molecule has 9 heteroatoms. The lowest BCUT2D eigenvalue weighted by Crippen LogP contribution is -2.58. The zero-order valence-electron chi connectivity index (χ0n) is 12.2. The topological polar surface area (TPSA) is 67.2 Å². The van der Waals surface area contributed by atoms with Gasteiger partial charge in [0.25, 0.3) is 5.91 Å². The highest BCUT2D eigenvalue weighted by Gasteiger charge is 2.48. The van der Waals surface area contributed by atoms with Gasteiger partial charge in [-0.1, -0.05) is 0 Å². The van der Waals surface area contributed by atoms with Crippen molar-refractivity contribution in [2.24, 2.45) is 7.05 Å². The number of carbonyl (C=O) groups is 2. The van der Waals surface area contributed by atoms with E-state index < -0.39 is 24.2 Å². The van der Waals surface area contributed by atoms with Crippen LogP contribution >= 0.6 is 0 Å². The van der Waals surface area contributed by atoms with Gasteiger partial charge in [0, 0.05) is 32.8 Å². The van der Waals surface area contributed by atoms with Crippen molar-refractivity contribution in [1.29, 1.82) is 0 Å². The van der Waals surface area contributed by atoms with Gasteiger partial charge in [-0.2, -0.15) is 18.3 Å². The highest BCUT2D eigenvalue weighted by atomic mass is 19.4. The molecule has 1 fully saturated rings. The summed E-state index contributed by atoms with van der Waals surface area (Å²) in [4.78, 5) is 24.3. The quantitative estimate of drug-likeness (QED) is 0.888. The molecule has 1 aliphatic rings. The molecule has 122 valence electrons. The van der Waals surface area contributed by atoms with Crippen molar-refractivity contribution >= 4 is 11.8 Å². The van der Waals surface area contributed by atoms with Crippen LogP contribution in [0.5, 0.6) is 0 Å². The Morgan fingerprint density at radius 3 is 2.55 bits per heavy atom. The number of rotatable bonds is 2. The van der Waals surface area contributed by atoms with Crippen LogP contribution in [0.1, 0.15) is 30.3 Å². The average molecular weight is 318 g/mol. The van der Waals surface area contributed by atoms with E-state index in [1.54, 1.807) is 0 Å². The molecular weight excluding hydrogens is 301 g/mol. The Morgan fingerprint density at radius 1 is 1.36 bits per heavy atom. The standard InChI is InChI=1S/C13H17F3N4O2/c1-8(21)18-9-3-4-11(13(14,15)16)20(7-9)12(22)10-5-6-17-19(10)2/h5-6,9,11H,3-4,7H2,1-2H3,(H,18,21). The van der Waals surface area contributed by atoms with Crippen LogP contribution in [0.25, 0.3) is 0 Å². The van der Waals surface area contributed by atoms with Crippen LogP contribution in [0.15, 0.2) is 12.3 Å². The molecule has 2 unspecified atom stereocenters. The number of carbonyl (C=O) groups excluding carboxylic acids is 2. The Bertz CT molecular complexity index is 570. The van der Waals surface area contributed by atoms with Gasteiger partial charge in [-0.25, -0.2) is 0 Å². The minimum atomic E-state index is -4.50. The van der Waals surface area contributed by atoms with Gasteiger partial charge in [0.15, 0.2) is 0 Å². The van der Waals surface area contributed by atoms with Crippen molar-refractivity contribution in [3.63, 3.8) is 0 Å². The zero-order chi connectivity index (χ0) is 16.5. The van der Waals surface area contributed by atoms with E-state index >= 15 is 0 Å². The number of nitrogens with zero attached hydrogens (tertiary/aromatic N) is 3. The fourth-order valence-corrected chi connectivity index (χ4v) is 2.67. The summed E-state index contributed by atoms with van der Waals surface area (Å²) in [5.74, 6) is -1.07. The number of hydrogen-bond acceptors (Lipinski definition) is 3. The van der Waals surface area contributed by atoms with E-state index in [1.165, 1.54) is 30.9 Å². The minimum absolute atomic E-state index is 0.0812. The molecule has 0 bridgehead atoms. The summed E-state index contributed by atoms with van der Waals surface area (Å²) in [5, 5.41) is 6.38. The molecule has 0 spiro atoms. The fourth-order valence-electron chi connectivity index (χ4n) is 2.67. The molecule has 2 atom stereocenters. The molecule has 2 amide bonds. The van der Waals surface area contributed by atoms with Crippen LogP contribution in [0.2, 0.25) is 0 Å². The van der Waals surface area contributed by atoms with Crippen molar-refractivity contribution in [3.05, 3.63) is 18.0 Å². The lowest BCUT2D eigenvalue weighted by Gasteiger charge is -2.40. The van der Waals surface area contributed by atoms with E-state index in [0.29, 0.717) is 0 Å². The first kappa shape index (κ1) is 16.3. The third-order valence-electron chi connectivity index (χ3n) is 3.67. The maximum absolute atomic E-state index is 13.2. The molecule has 6 nitrogen and oxygen atoms in total. The third-order valence-corrected chi connectivity index (χ3v) is 3.67. The van der Waals surface area contributed by atoms with Crippen LogP contribution in [0.4, 0.5) is 13.2 Å². The Balaban J connectivity index is 2.25. The molecule has 1 N–H and O–H groups in total. The third kappa shape index (κ3) is 3.40. The number of likely N-dealkylation sites (tertiary alicyclic amines) is 1. The Labute approximate surface area is 125 Å². The van der Waals surface area contributed by atoms with Crippen molar-refractivity contribution in [2.45, 2.75) is 38.0 Å². The van der Waals surface area contributed by atoms with Crippen LogP contribution < -0.4 is 5.32 Å². The molecule has 0 radical (unpaired) electrons. The van der Waals surface area contributed by atoms with E-state index in [-0.39, 0.29) is 31.0 Å². The van der Waals surface area contributed by atoms with Crippen molar-refractivity contribution in [3.8, 4) is 0 Å². The van der Waals surface area contributed by atoms with Gasteiger partial charge in [-0.05, 0) is 18.9 Å². The first-order valence-electron chi connectivity index (χ1n) is 6.83. The number of aromatic nitrogens is 2. The second-order valence-electron chi connectivity index (χ2n) is 5.33. The van der Waals surface area contributed by atoms with Crippen LogP contribution in [0.3, 0.4) is 0 Å². The SMILES string of the molecule is CC(=O)NC1CCC(C(F)(F)F)N(C(=O)c2ccnn2C)C1. The normalized spacial score (nSPS) is 22.5. The number of aryl methyl sites for hydroxylation is 1. The monoisotopic (exact) mass is 318 g/mol. The Kier molecular flexibility index (Phi) is 4.43. The van der Waals surface area contributed by atoms with Gasteiger partial charge in [0.1, 0.15) is 11.7 Å². The number of hydrogen-bond donors (Lipinski definition) is 1. The van der Waals surface area contributed by atoms with E-state index in [1.807, 2.05) is 0 Å². The smallest absolute Gasteiger partial charge is 0.352 e. The van der Waals surface area contributed by atoms with Crippen LogP contribution in [-0.4, -0.2) is 51.3 Å². The van der Waals surface area contributed by atoms with E-state index in [2.05, 4.69) is 10.4 Å². The molecule has 0 aliphatic carbocycles. The molecule has 1 aromatic heterocycles. The molecule has 22 heavy (non-hydrogen) atoms. The summed E-state index contributed by atoms with van der Waals surface area (Å²) in [7, 11) is 1.49. The summed E-state index contributed by atoms with van der Waals surface area (Å²) in [6, 6.07) is -0.953. The predicted molar refractivity (Wildman–Crippen MR) is 70.9 cm³/mol. The molecule has 1 aromatic rings. The number of amides is 2. The number of nitrogens with one attached hydrogen (secondary N) is 1. The highest BCUT2D eigenvalue weighted by molar-refractivity contribution is 5.93. The van der Waals surface area contributed by atoms with Crippen molar-refractivity contribution in [1.82, 2.24) is 20.0 Å². The van der Waals surface area contributed by atoms with Gasteiger partial charge in [-0.3, -0.25) is 14.3 Å². The van der Waals surface area contributed by atoms with Gasteiger partial charge >= 0.3 is 6.18 Å². The second kappa shape index (κ2) is 5.98. The predicted octanol–water partition coefficient (Wildman–Crippen LogP) is 1.09. The van der Waals surface area contributed by atoms with Crippen LogP contribution in [0, 0.1) is 0 Å². The van der Waals surface area contributed by atoms with Crippen molar-refractivity contribution < 1.29 is 22.8 Å². The largest absolute Gasteiger partial charge is 0.408 e. The van der Waals surface area contributed by atoms with Gasteiger partial charge in [-0.15, -0.1) is 0 Å². The summed E-state index contributed by atoms with van der Waals surface area (Å²) >= 11 is 0. The van der Waals surface area contributed by atoms with E-state index in [0.717, 1.165) is 4.90 Å². The van der Waals surface area contributed by atoms with E-state index in [9.17, 15) is 22.8 Å². The van der Waals surface area contributed by atoms with E-state index in [4.69, 9.17) is 0 Å².